The summed E-state index contributed by atoms with van der Waals surface area (Å²) in [5.41, 5.74) is 1.19. The number of hydrogen-bond donors (Lipinski definition) is 1. The van der Waals surface area contributed by atoms with Gasteiger partial charge in [-0.2, -0.15) is 0 Å². The molecule has 1 atom stereocenters. The van der Waals surface area contributed by atoms with Crippen molar-refractivity contribution in [2.24, 2.45) is 0 Å². The van der Waals surface area contributed by atoms with E-state index in [2.05, 4.69) is 0 Å². The van der Waals surface area contributed by atoms with E-state index in [9.17, 15) is 18.3 Å². The van der Waals surface area contributed by atoms with Crippen molar-refractivity contribution in [3.63, 3.8) is 0 Å². The monoisotopic (exact) mass is 420 g/mol. The summed E-state index contributed by atoms with van der Waals surface area (Å²) in [7, 11) is -3.45. The van der Waals surface area contributed by atoms with E-state index in [1.165, 1.54) is 19.3 Å². The van der Waals surface area contributed by atoms with Crippen LogP contribution in [0.15, 0.2) is 53.4 Å². The minimum atomic E-state index is -3.45. The van der Waals surface area contributed by atoms with Gasteiger partial charge < -0.3 is 0 Å². The second-order valence-corrected chi connectivity index (χ2v) is 13.8. The zero-order valence-electron chi connectivity index (χ0n) is 13.8. The number of carboxylic acids is 1. The van der Waals surface area contributed by atoms with Crippen LogP contribution in [0.3, 0.4) is 0 Å². The van der Waals surface area contributed by atoms with Gasteiger partial charge in [-0.25, -0.2) is 0 Å². The van der Waals surface area contributed by atoms with Crippen LogP contribution < -0.4 is 4.35 Å². The first-order valence-electron chi connectivity index (χ1n) is 8.42. The van der Waals surface area contributed by atoms with Gasteiger partial charge >= 0.3 is 154 Å². The Kier molecular flexibility index (Phi) is 5.65. The summed E-state index contributed by atoms with van der Waals surface area (Å²) >= 11 is -1.66. The van der Waals surface area contributed by atoms with E-state index in [-0.39, 0.29) is 10.5 Å². The fraction of sp³-hybridized carbons (Fsp3) is 0.316. The molecule has 0 radical (unpaired) electrons. The van der Waals surface area contributed by atoms with Crippen LogP contribution in [0.25, 0.3) is 0 Å². The van der Waals surface area contributed by atoms with Gasteiger partial charge in [0, 0.05) is 0 Å². The van der Waals surface area contributed by atoms with Crippen LogP contribution >= 0.6 is 0 Å². The molecule has 2 aromatic rings. The maximum atomic E-state index is 12.6. The Morgan fingerprint density at radius 3 is 2.32 bits per heavy atom. The van der Waals surface area contributed by atoms with Crippen molar-refractivity contribution >= 4 is 33.0 Å². The zero-order valence-corrected chi connectivity index (χ0v) is 16.7. The Morgan fingerprint density at radius 2 is 1.68 bits per heavy atom. The van der Waals surface area contributed by atoms with E-state index in [4.69, 9.17) is 0 Å². The number of rotatable bonds is 5. The molecular weight excluding hydrogens is 399 g/mol. The molecule has 1 unspecified atom stereocenters. The minimum absolute atomic E-state index is 0.155. The summed E-state index contributed by atoms with van der Waals surface area (Å²) in [5.74, 6) is -0.647. The Balaban J connectivity index is 1.92. The molecule has 3 rings (SSSR count). The molecule has 0 heterocycles. The topological polar surface area (TPSA) is 71.4 Å². The van der Waals surface area contributed by atoms with Crippen LogP contribution in [-0.4, -0.2) is 34.1 Å². The van der Waals surface area contributed by atoms with Crippen molar-refractivity contribution in [2.75, 3.05) is 0 Å². The van der Waals surface area contributed by atoms with Crippen molar-refractivity contribution in [1.82, 2.24) is 0 Å². The fourth-order valence-electron chi connectivity index (χ4n) is 3.32. The summed E-state index contributed by atoms with van der Waals surface area (Å²) in [6.45, 7) is 0. The summed E-state index contributed by atoms with van der Waals surface area (Å²) in [4.78, 5) is 12.0. The van der Waals surface area contributed by atoms with E-state index in [0.29, 0.717) is 10.3 Å². The number of hydrogen-bond acceptors (Lipinski definition) is 3. The Hall–Kier alpha value is -1.58. The quantitative estimate of drug-likeness (QED) is 0.756. The first-order valence-corrected chi connectivity index (χ1v) is 13.5. The third-order valence-corrected chi connectivity index (χ3v) is 11.5. The molecule has 0 spiro atoms. The second-order valence-electron chi connectivity index (χ2n) is 6.36. The summed E-state index contributed by atoms with van der Waals surface area (Å²) < 4.78 is 25.7. The van der Waals surface area contributed by atoms with Crippen LogP contribution in [0.5, 0.6) is 0 Å². The number of aromatic carboxylic acids is 1. The van der Waals surface area contributed by atoms with Crippen molar-refractivity contribution in [2.45, 2.75) is 42.9 Å². The normalized spacial score (nSPS) is 16.3. The second kappa shape index (κ2) is 7.75. The number of carboxylic acid groups (broad SMARTS) is 1. The van der Waals surface area contributed by atoms with Crippen LogP contribution in [0, 0.1) is 0 Å². The summed E-state index contributed by atoms with van der Waals surface area (Å²) in [6, 6.07) is 13.6. The first kappa shape index (κ1) is 18.2. The van der Waals surface area contributed by atoms with Crippen molar-refractivity contribution < 1.29 is 18.3 Å². The third-order valence-electron chi connectivity index (χ3n) is 4.65. The molecule has 1 fully saturated rings. The van der Waals surface area contributed by atoms with Crippen molar-refractivity contribution in [3.8, 4) is 0 Å². The molecule has 1 aliphatic rings. The molecule has 1 saturated carbocycles. The third kappa shape index (κ3) is 4.34. The van der Waals surface area contributed by atoms with Gasteiger partial charge in [0.15, 0.2) is 0 Å². The molecule has 0 aliphatic heterocycles. The van der Waals surface area contributed by atoms with Gasteiger partial charge in [-0.3, -0.25) is 0 Å². The molecule has 0 amide bonds. The summed E-state index contributed by atoms with van der Waals surface area (Å²) in [6.07, 6.45) is 5.74. The molecule has 2 aromatic carbocycles. The zero-order chi connectivity index (χ0) is 17.9. The van der Waals surface area contributed by atoms with Crippen LogP contribution in [0.4, 0.5) is 0 Å². The Morgan fingerprint density at radius 1 is 1.00 bits per heavy atom. The molecule has 0 saturated heterocycles. The van der Waals surface area contributed by atoms with Gasteiger partial charge in [-0.15, -0.1) is 0 Å². The molecule has 0 aromatic heterocycles. The Bertz CT molecular complexity index is 856. The molecule has 0 bridgehead atoms. The maximum absolute atomic E-state index is 12.6. The van der Waals surface area contributed by atoms with Crippen molar-refractivity contribution in [1.29, 1.82) is 0 Å². The molecule has 1 aliphatic carbocycles. The van der Waals surface area contributed by atoms with Gasteiger partial charge in [0.2, 0.25) is 0 Å². The standard InChI is InChI=1S/C19H21AsO4S/c21-19(22)17-13-15(14-7-3-1-4-8-14)11-12-18(17)20-25(23,24)16-9-5-2-6-10-16/h2,5-6,9-14,20H,1,3-4,7-8H2,(H,21,22). The van der Waals surface area contributed by atoms with Gasteiger partial charge in [-0.1, -0.05) is 0 Å². The van der Waals surface area contributed by atoms with Gasteiger partial charge in [0.25, 0.3) is 0 Å². The average molecular weight is 420 g/mol. The molecule has 132 valence electrons. The predicted molar refractivity (Wildman–Crippen MR) is 99.6 cm³/mol. The molecule has 25 heavy (non-hydrogen) atoms. The van der Waals surface area contributed by atoms with E-state index in [1.54, 1.807) is 42.5 Å². The number of carbonyl (C=O) groups is 1. The van der Waals surface area contributed by atoms with E-state index >= 15 is 0 Å². The van der Waals surface area contributed by atoms with E-state index in [1.807, 2.05) is 6.07 Å². The Labute approximate surface area is 153 Å². The molecular formula is C19H21AsO4S. The van der Waals surface area contributed by atoms with Gasteiger partial charge in [0.05, 0.1) is 0 Å². The summed E-state index contributed by atoms with van der Waals surface area (Å²) in [5, 5.41) is 9.58. The van der Waals surface area contributed by atoms with Gasteiger partial charge in [-0.05, 0) is 0 Å². The van der Waals surface area contributed by atoms with E-state index in [0.717, 1.165) is 18.4 Å². The first-order chi connectivity index (χ1) is 12.0. The average Bonchev–Trinajstić information content (AvgIpc) is 2.63. The molecule has 1 N–H and O–H groups in total. The van der Waals surface area contributed by atoms with Crippen LogP contribution in [0.1, 0.15) is 53.9 Å². The van der Waals surface area contributed by atoms with Crippen LogP contribution in [0.2, 0.25) is 0 Å². The van der Waals surface area contributed by atoms with Gasteiger partial charge in [0.1, 0.15) is 0 Å². The van der Waals surface area contributed by atoms with Crippen LogP contribution in [-0.2, 0) is 8.10 Å². The van der Waals surface area contributed by atoms with E-state index < -0.39 is 28.7 Å². The molecule has 6 heteroatoms. The predicted octanol–water partition coefficient (Wildman–Crippen LogP) is 2.88. The molecule has 4 nitrogen and oxygen atoms in total. The SMILES string of the molecule is O=C(O)c1cc(C2CCCCC2)ccc1[AsH]S(=O)(=O)c1ccccc1. The van der Waals surface area contributed by atoms with Crippen molar-refractivity contribution in [3.05, 3.63) is 59.7 Å². The number of benzene rings is 2. The fourth-order valence-corrected chi connectivity index (χ4v) is 9.51.